The zero-order valence-electron chi connectivity index (χ0n) is 20.3. The monoisotopic (exact) mass is 497 g/mol. The minimum atomic E-state index is -0.848. The molecule has 0 unspecified atom stereocenters. The van der Waals surface area contributed by atoms with E-state index in [-0.39, 0.29) is 5.69 Å². The Hall–Kier alpha value is -3.92. The van der Waals surface area contributed by atoms with Crippen molar-refractivity contribution in [2.24, 2.45) is 0 Å². The molecule has 0 spiro atoms. The van der Waals surface area contributed by atoms with Gasteiger partial charge in [-0.3, -0.25) is 4.90 Å². The molecule has 0 bridgehead atoms. The van der Waals surface area contributed by atoms with E-state index in [0.29, 0.717) is 11.8 Å². The van der Waals surface area contributed by atoms with Gasteiger partial charge in [-0.05, 0) is 36.8 Å². The van der Waals surface area contributed by atoms with Crippen LogP contribution in [-0.2, 0) is 6.54 Å². The van der Waals surface area contributed by atoms with E-state index in [4.69, 9.17) is 9.47 Å². The van der Waals surface area contributed by atoms with Crippen molar-refractivity contribution in [3.8, 4) is 11.5 Å². The molecule has 190 valence electrons. The van der Waals surface area contributed by atoms with Crippen LogP contribution in [0.4, 0.5) is 30.8 Å². The molecule has 0 saturated carbocycles. The molecule has 1 aliphatic rings. The summed E-state index contributed by atoms with van der Waals surface area (Å²) in [5.74, 6) is 0.831. The van der Waals surface area contributed by atoms with Crippen LogP contribution in [0.5, 0.6) is 11.5 Å². The van der Waals surface area contributed by atoms with Gasteiger partial charge in [0.2, 0.25) is 0 Å². The van der Waals surface area contributed by atoms with Crippen LogP contribution in [0.15, 0.2) is 54.7 Å². The van der Waals surface area contributed by atoms with Gasteiger partial charge in [0.05, 0.1) is 31.8 Å². The minimum Gasteiger partial charge on any atom is -0.497 e. The number of methoxy groups -OCH3 is 2. The van der Waals surface area contributed by atoms with Crippen molar-refractivity contribution in [3.63, 3.8) is 0 Å². The first-order chi connectivity index (χ1) is 17.4. The van der Waals surface area contributed by atoms with Crippen molar-refractivity contribution < 1.29 is 23.0 Å². The molecule has 1 fully saturated rings. The van der Waals surface area contributed by atoms with E-state index in [1.165, 1.54) is 6.07 Å². The Morgan fingerprint density at radius 2 is 1.83 bits per heavy atom. The first-order valence-electron chi connectivity index (χ1n) is 11.6. The molecule has 8 nitrogen and oxygen atoms in total. The number of aromatic nitrogens is 1. The van der Waals surface area contributed by atoms with E-state index in [2.05, 4.69) is 25.4 Å². The van der Waals surface area contributed by atoms with Crippen LogP contribution < -0.4 is 25.0 Å². The summed E-state index contributed by atoms with van der Waals surface area (Å²) in [4.78, 5) is 21.3. The first kappa shape index (κ1) is 25.2. The average molecular weight is 498 g/mol. The molecule has 4 rings (SSSR count). The maximum absolute atomic E-state index is 13.7. The molecule has 2 heterocycles. The standard InChI is InChI=1S/C26H29F2N5O3/c1-35-21-7-4-18(24(15-21)36-2)17-32-10-3-11-33(13-12-32)25-9-6-20(16-29-25)30-26(34)31-23-8-5-19(27)14-22(23)28/h4-9,14-16H,3,10-13,17H2,1-2H3,(H2,30,31,34). The van der Waals surface area contributed by atoms with Crippen LogP contribution in [0.3, 0.4) is 0 Å². The van der Waals surface area contributed by atoms with Gasteiger partial charge < -0.3 is 25.0 Å². The number of hydrogen-bond acceptors (Lipinski definition) is 6. The highest BCUT2D eigenvalue weighted by atomic mass is 19.1. The van der Waals surface area contributed by atoms with Gasteiger partial charge in [-0.15, -0.1) is 0 Å². The normalized spacial score (nSPS) is 14.2. The van der Waals surface area contributed by atoms with Crippen LogP contribution in [0.1, 0.15) is 12.0 Å². The fourth-order valence-electron chi connectivity index (χ4n) is 4.10. The molecule has 0 atom stereocenters. The molecule has 2 amide bonds. The second-order valence-corrected chi connectivity index (χ2v) is 8.40. The maximum Gasteiger partial charge on any atom is 0.323 e. The third-order valence-electron chi connectivity index (χ3n) is 5.99. The molecule has 2 aromatic carbocycles. The van der Waals surface area contributed by atoms with Gasteiger partial charge in [-0.1, -0.05) is 6.07 Å². The van der Waals surface area contributed by atoms with E-state index in [9.17, 15) is 13.6 Å². The molecule has 0 radical (unpaired) electrons. The van der Waals surface area contributed by atoms with Gasteiger partial charge in [0, 0.05) is 50.4 Å². The summed E-state index contributed by atoms with van der Waals surface area (Å²) in [6.07, 6.45) is 2.53. The quantitative estimate of drug-likeness (QED) is 0.491. The number of benzene rings is 2. The number of pyridine rings is 1. The lowest BCUT2D eigenvalue weighted by atomic mass is 10.1. The van der Waals surface area contributed by atoms with Crippen LogP contribution in [-0.4, -0.2) is 56.3 Å². The molecular weight excluding hydrogens is 468 g/mol. The van der Waals surface area contributed by atoms with Crippen molar-refractivity contribution >= 4 is 23.2 Å². The number of ether oxygens (including phenoxy) is 2. The number of carbonyl (C=O) groups excluding carboxylic acids is 1. The highest BCUT2D eigenvalue weighted by Crippen LogP contribution is 2.26. The van der Waals surface area contributed by atoms with E-state index in [0.717, 1.165) is 68.1 Å². The van der Waals surface area contributed by atoms with Crippen molar-refractivity contribution in [2.45, 2.75) is 13.0 Å². The molecule has 2 N–H and O–H groups in total. The Morgan fingerprint density at radius 1 is 0.972 bits per heavy atom. The Morgan fingerprint density at radius 3 is 2.56 bits per heavy atom. The zero-order valence-corrected chi connectivity index (χ0v) is 20.3. The third kappa shape index (κ3) is 6.39. The molecule has 36 heavy (non-hydrogen) atoms. The number of rotatable bonds is 7. The van der Waals surface area contributed by atoms with Gasteiger partial charge >= 0.3 is 6.03 Å². The van der Waals surface area contributed by atoms with E-state index in [1.54, 1.807) is 26.5 Å². The highest BCUT2D eigenvalue weighted by molar-refractivity contribution is 5.99. The van der Waals surface area contributed by atoms with Crippen LogP contribution >= 0.6 is 0 Å². The second kappa shape index (κ2) is 11.7. The lowest BCUT2D eigenvalue weighted by Gasteiger charge is -2.23. The number of nitrogens with one attached hydrogen (secondary N) is 2. The fourth-order valence-corrected chi connectivity index (χ4v) is 4.10. The summed E-state index contributed by atoms with van der Waals surface area (Å²) in [5.41, 5.74) is 1.46. The Bertz CT molecular complexity index is 1190. The fraction of sp³-hybridized carbons (Fsp3) is 0.308. The largest absolute Gasteiger partial charge is 0.497 e. The summed E-state index contributed by atoms with van der Waals surface area (Å²) in [6.45, 7) is 4.26. The summed E-state index contributed by atoms with van der Waals surface area (Å²) in [7, 11) is 3.30. The van der Waals surface area contributed by atoms with Crippen molar-refractivity contribution in [1.82, 2.24) is 9.88 Å². The Labute approximate surface area is 208 Å². The van der Waals surface area contributed by atoms with Gasteiger partial charge in [0.1, 0.15) is 29.0 Å². The predicted molar refractivity (Wildman–Crippen MR) is 135 cm³/mol. The highest BCUT2D eigenvalue weighted by Gasteiger charge is 2.18. The molecule has 1 aromatic heterocycles. The van der Waals surface area contributed by atoms with E-state index in [1.807, 2.05) is 24.3 Å². The number of urea groups is 1. The third-order valence-corrected chi connectivity index (χ3v) is 5.99. The lowest BCUT2D eigenvalue weighted by Crippen LogP contribution is -2.31. The first-order valence-corrected chi connectivity index (χ1v) is 11.6. The smallest absolute Gasteiger partial charge is 0.323 e. The number of nitrogens with zero attached hydrogens (tertiary/aromatic N) is 3. The van der Waals surface area contributed by atoms with Gasteiger partial charge in [-0.2, -0.15) is 0 Å². The molecule has 0 aliphatic carbocycles. The van der Waals surface area contributed by atoms with E-state index < -0.39 is 17.7 Å². The topological polar surface area (TPSA) is 79.0 Å². The second-order valence-electron chi connectivity index (χ2n) is 8.40. The molecular formula is C26H29F2N5O3. The number of anilines is 3. The van der Waals surface area contributed by atoms with Crippen molar-refractivity contribution in [2.75, 3.05) is 55.9 Å². The molecule has 1 aliphatic heterocycles. The van der Waals surface area contributed by atoms with Crippen molar-refractivity contribution in [1.29, 1.82) is 0 Å². The number of halogens is 2. The number of hydrogen-bond donors (Lipinski definition) is 2. The van der Waals surface area contributed by atoms with Crippen LogP contribution in [0, 0.1) is 11.6 Å². The summed E-state index contributed by atoms with van der Waals surface area (Å²) in [5, 5.41) is 4.97. The number of amides is 2. The average Bonchev–Trinajstić information content (AvgIpc) is 3.12. The summed E-state index contributed by atoms with van der Waals surface area (Å²) < 4.78 is 37.6. The summed E-state index contributed by atoms with van der Waals surface area (Å²) in [6, 6.07) is 11.8. The van der Waals surface area contributed by atoms with E-state index >= 15 is 0 Å². The minimum absolute atomic E-state index is 0.111. The summed E-state index contributed by atoms with van der Waals surface area (Å²) >= 11 is 0. The molecule has 10 heteroatoms. The van der Waals surface area contributed by atoms with Gasteiger partial charge in [0.25, 0.3) is 0 Å². The lowest BCUT2D eigenvalue weighted by molar-refractivity contribution is 0.262. The van der Waals surface area contributed by atoms with Gasteiger partial charge in [0.15, 0.2) is 0 Å². The zero-order chi connectivity index (χ0) is 25.5. The van der Waals surface area contributed by atoms with Crippen LogP contribution in [0.25, 0.3) is 0 Å². The van der Waals surface area contributed by atoms with Gasteiger partial charge in [-0.25, -0.2) is 18.6 Å². The van der Waals surface area contributed by atoms with Crippen molar-refractivity contribution in [3.05, 3.63) is 71.9 Å². The molecule has 3 aromatic rings. The Balaban J connectivity index is 1.31. The molecule has 1 saturated heterocycles. The SMILES string of the molecule is COc1ccc(CN2CCCN(c3ccc(NC(=O)Nc4ccc(F)cc4F)cn3)CC2)c(OC)c1. The maximum atomic E-state index is 13.7. The Kier molecular flexibility index (Phi) is 8.17. The number of carbonyl (C=O) groups is 1. The van der Waals surface area contributed by atoms with Crippen LogP contribution in [0.2, 0.25) is 0 Å². The predicted octanol–water partition coefficient (Wildman–Crippen LogP) is 4.73.